The van der Waals surface area contributed by atoms with E-state index in [1.807, 2.05) is 6.07 Å². The Kier molecular flexibility index (Phi) is 1.54. The third-order valence-electron chi connectivity index (χ3n) is 0.947. The summed E-state index contributed by atoms with van der Waals surface area (Å²) in [4.78, 5) is 3.85. The van der Waals surface area contributed by atoms with Crippen molar-refractivity contribution in [3.05, 3.63) is 16.6 Å². The molecule has 0 fully saturated rings. The van der Waals surface area contributed by atoms with Gasteiger partial charge in [-0.05, 0) is 15.9 Å². The van der Waals surface area contributed by atoms with Gasteiger partial charge in [-0.2, -0.15) is 5.26 Å². The van der Waals surface area contributed by atoms with Gasteiger partial charge in [0.1, 0.15) is 10.7 Å². The second-order valence-corrected chi connectivity index (χ2v) is 2.42. The predicted molar refractivity (Wildman–Crippen MR) is 35.6 cm³/mol. The molecular weight excluding hydrogens is 182 g/mol. The lowest BCUT2D eigenvalue weighted by Gasteiger charge is -1.84. The number of aromatic nitrogens is 2. The largest absolute Gasteiger partial charge is 0.325 e. The second kappa shape index (κ2) is 2.19. The van der Waals surface area contributed by atoms with Crippen molar-refractivity contribution in [2.24, 2.45) is 7.05 Å². The van der Waals surface area contributed by atoms with Crippen LogP contribution in [0.15, 0.2) is 10.8 Å². The Bertz CT molecular complexity index is 258. The summed E-state index contributed by atoms with van der Waals surface area (Å²) in [6, 6.07) is 1.94. The smallest absolute Gasteiger partial charge is 0.213 e. The lowest BCUT2D eigenvalue weighted by Crippen LogP contribution is -1.88. The second-order valence-electron chi connectivity index (χ2n) is 1.61. The highest BCUT2D eigenvalue weighted by molar-refractivity contribution is 9.10. The molecule has 0 saturated heterocycles. The molecule has 46 valence electrons. The first-order valence-electron chi connectivity index (χ1n) is 2.33. The minimum absolute atomic E-state index is 0.418. The first kappa shape index (κ1) is 6.30. The van der Waals surface area contributed by atoms with E-state index in [0.717, 1.165) is 0 Å². The van der Waals surface area contributed by atoms with Crippen LogP contribution in [0.25, 0.3) is 0 Å². The minimum atomic E-state index is 0.418. The van der Waals surface area contributed by atoms with Crippen LogP contribution in [0.2, 0.25) is 0 Å². The van der Waals surface area contributed by atoms with Crippen LogP contribution in [0.1, 0.15) is 5.82 Å². The number of hydrogen-bond acceptors (Lipinski definition) is 2. The first-order valence-corrected chi connectivity index (χ1v) is 3.12. The highest BCUT2D eigenvalue weighted by atomic mass is 79.9. The van der Waals surface area contributed by atoms with Gasteiger partial charge in [-0.1, -0.05) is 0 Å². The molecule has 0 unspecified atom stereocenters. The van der Waals surface area contributed by atoms with Gasteiger partial charge >= 0.3 is 0 Å². The standard InChI is InChI=1S/C5H4BrN3/c1-9-3-4(6)8-5(9)2-7/h3H,1H3. The molecule has 0 aliphatic rings. The van der Waals surface area contributed by atoms with Gasteiger partial charge < -0.3 is 4.57 Å². The molecule has 9 heavy (non-hydrogen) atoms. The number of nitrogens with zero attached hydrogens (tertiary/aromatic N) is 3. The lowest BCUT2D eigenvalue weighted by molar-refractivity contribution is 0.889. The number of halogens is 1. The maximum Gasteiger partial charge on any atom is 0.213 e. The van der Waals surface area contributed by atoms with E-state index in [1.165, 1.54) is 0 Å². The zero-order valence-electron chi connectivity index (χ0n) is 4.80. The Balaban J connectivity index is 3.20. The summed E-state index contributed by atoms with van der Waals surface area (Å²) < 4.78 is 2.35. The fourth-order valence-electron chi connectivity index (χ4n) is 0.534. The van der Waals surface area contributed by atoms with Crippen molar-refractivity contribution in [1.29, 1.82) is 5.26 Å². The third kappa shape index (κ3) is 1.11. The average Bonchev–Trinajstić information content (AvgIpc) is 2.10. The van der Waals surface area contributed by atoms with Crippen LogP contribution >= 0.6 is 15.9 Å². The summed E-state index contributed by atoms with van der Waals surface area (Å²) in [6.07, 6.45) is 1.73. The molecular formula is C5H4BrN3. The van der Waals surface area contributed by atoms with Gasteiger partial charge in [-0.3, -0.25) is 0 Å². The fourth-order valence-corrected chi connectivity index (χ4v) is 1.01. The van der Waals surface area contributed by atoms with Gasteiger partial charge in [0.05, 0.1) is 0 Å². The molecule has 1 heterocycles. The molecule has 0 bridgehead atoms. The monoisotopic (exact) mass is 185 g/mol. The van der Waals surface area contributed by atoms with Crippen molar-refractivity contribution >= 4 is 15.9 Å². The topological polar surface area (TPSA) is 41.6 Å². The SMILES string of the molecule is Cn1cc(Br)nc1C#N. The number of nitriles is 1. The highest BCUT2D eigenvalue weighted by Crippen LogP contribution is 2.06. The molecule has 0 atom stereocenters. The summed E-state index contributed by atoms with van der Waals surface area (Å²) in [7, 11) is 1.77. The summed E-state index contributed by atoms with van der Waals surface area (Å²) in [6.45, 7) is 0. The molecule has 0 radical (unpaired) electrons. The quantitative estimate of drug-likeness (QED) is 0.607. The van der Waals surface area contributed by atoms with Crippen LogP contribution in [0.3, 0.4) is 0 Å². The number of imidazole rings is 1. The van der Waals surface area contributed by atoms with Crippen LogP contribution in [0.5, 0.6) is 0 Å². The van der Waals surface area contributed by atoms with Gasteiger partial charge in [0, 0.05) is 13.2 Å². The number of rotatable bonds is 0. The maximum atomic E-state index is 8.38. The van der Waals surface area contributed by atoms with Gasteiger partial charge in [0.2, 0.25) is 5.82 Å². The first-order chi connectivity index (χ1) is 4.24. The van der Waals surface area contributed by atoms with Crippen LogP contribution in [0, 0.1) is 11.3 Å². The summed E-state index contributed by atoms with van der Waals surface area (Å²) in [5.74, 6) is 0.418. The van der Waals surface area contributed by atoms with E-state index >= 15 is 0 Å². The molecule has 0 amide bonds. The molecule has 1 aromatic rings. The lowest BCUT2D eigenvalue weighted by atomic mass is 10.7. The van der Waals surface area contributed by atoms with Gasteiger partial charge in [0.15, 0.2) is 0 Å². The summed E-state index contributed by atoms with van der Waals surface area (Å²) >= 11 is 3.14. The van der Waals surface area contributed by atoms with Gasteiger partial charge in [-0.25, -0.2) is 4.98 Å². The molecule has 1 rings (SSSR count). The minimum Gasteiger partial charge on any atom is -0.325 e. The average molecular weight is 186 g/mol. The highest BCUT2D eigenvalue weighted by Gasteiger charge is 1.98. The Hall–Kier alpha value is -0.820. The molecule has 0 N–H and O–H groups in total. The van der Waals surface area contributed by atoms with E-state index in [1.54, 1.807) is 17.8 Å². The molecule has 0 saturated carbocycles. The van der Waals surface area contributed by atoms with Gasteiger partial charge in [0.25, 0.3) is 0 Å². The van der Waals surface area contributed by atoms with Crippen molar-refractivity contribution in [3.8, 4) is 6.07 Å². The van der Waals surface area contributed by atoms with Gasteiger partial charge in [-0.15, -0.1) is 0 Å². The molecule has 0 aliphatic carbocycles. The van der Waals surface area contributed by atoms with Crippen molar-refractivity contribution < 1.29 is 0 Å². The van der Waals surface area contributed by atoms with Crippen LogP contribution in [-0.4, -0.2) is 9.55 Å². The van der Waals surface area contributed by atoms with Crippen molar-refractivity contribution in [3.63, 3.8) is 0 Å². The number of aryl methyl sites for hydroxylation is 1. The van der Waals surface area contributed by atoms with E-state index in [0.29, 0.717) is 10.4 Å². The number of hydrogen-bond donors (Lipinski definition) is 0. The zero-order chi connectivity index (χ0) is 6.85. The third-order valence-corrected chi connectivity index (χ3v) is 1.33. The summed E-state index contributed by atoms with van der Waals surface area (Å²) in [5.41, 5.74) is 0. The van der Waals surface area contributed by atoms with Crippen LogP contribution in [0.4, 0.5) is 0 Å². The van der Waals surface area contributed by atoms with Crippen LogP contribution < -0.4 is 0 Å². The Morgan fingerprint density at radius 1 is 1.89 bits per heavy atom. The van der Waals surface area contributed by atoms with Crippen molar-refractivity contribution in [2.45, 2.75) is 0 Å². The van der Waals surface area contributed by atoms with Crippen molar-refractivity contribution in [2.75, 3.05) is 0 Å². The normalized spacial score (nSPS) is 9.00. The summed E-state index contributed by atoms with van der Waals surface area (Å²) in [5, 5.41) is 8.38. The predicted octanol–water partition coefficient (Wildman–Crippen LogP) is 1.05. The Labute approximate surface area is 61.1 Å². The molecule has 0 spiro atoms. The molecule has 0 aromatic carbocycles. The fraction of sp³-hybridized carbons (Fsp3) is 0.200. The van der Waals surface area contributed by atoms with Crippen LogP contribution in [-0.2, 0) is 7.05 Å². The Morgan fingerprint density at radius 3 is 2.78 bits per heavy atom. The zero-order valence-corrected chi connectivity index (χ0v) is 6.38. The van der Waals surface area contributed by atoms with E-state index in [2.05, 4.69) is 20.9 Å². The van der Waals surface area contributed by atoms with E-state index in [9.17, 15) is 0 Å². The van der Waals surface area contributed by atoms with E-state index in [4.69, 9.17) is 5.26 Å². The van der Waals surface area contributed by atoms with E-state index < -0.39 is 0 Å². The molecule has 0 aliphatic heterocycles. The molecule has 3 nitrogen and oxygen atoms in total. The van der Waals surface area contributed by atoms with Crippen molar-refractivity contribution in [1.82, 2.24) is 9.55 Å². The van der Waals surface area contributed by atoms with E-state index in [-0.39, 0.29) is 0 Å². The Morgan fingerprint density at radius 2 is 2.56 bits per heavy atom. The molecule has 1 aromatic heterocycles. The molecule has 4 heteroatoms. The maximum absolute atomic E-state index is 8.38.